The number of carbonyl (C=O) groups is 1. The van der Waals surface area contributed by atoms with Crippen LogP contribution < -0.4 is 0 Å². The molecule has 1 saturated carbocycles. The second kappa shape index (κ2) is 4.33. The van der Waals surface area contributed by atoms with Gasteiger partial charge in [0.25, 0.3) is 0 Å². The summed E-state index contributed by atoms with van der Waals surface area (Å²) in [5.74, 6) is -0.267. The Kier molecular flexibility index (Phi) is 3.17. The maximum absolute atomic E-state index is 12.4. The van der Waals surface area contributed by atoms with Gasteiger partial charge in [-0.25, -0.2) is 0 Å². The van der Waals surface area contributed by atoms with Crippen molar-refractivity contribution in [2.45, 2.75) is 31.4 Å². The van der Waals surface area contributed by atoms with Crippen molar-refractivity contribution in [1.29, 1.82) is 0 Å². The first-order valence-electron chi connectivity index (χ1n) is 5.29. The number of Topliss-reactive ketones (excluding diaryl/α,β-unsaturated/α-hetero) is 1. The number of carbonyl (C=O) groups excluding carboxylic acids is 1. The van der Waals surface area contributed by atoms with Crippen molar-refractivity contribution < 1.29 is 18.0 Å². The topological polar surface area (TPSA) is 17.1 Å². The minimum absolute atomic E-state index is 0.0278. The first kappa shape index (κ1) is 12.4. The van der Waals surface area contributed by atoms with E-state index in [0.717, 1.165) is 18.6 Å². The zero-order valence-corrected chi connectivity index (χ0v) is 9.61. The van der Waals surface area contributed by atoms with Gasteiger partial charge < -0.3 is 0 Å². The Hall–Kier alpha value is -1.03. The smallest absolute Gasteiger partial charge is 0.299 e. The molecule has 0 heterocycles. The Balaban J connectivity index is 2.35. The molecule has 0 spiro atoms. The van der Waals surface area contributed by atoms with E-state index in [4.69, 9.17) is 11.6 Å². The van der Waals surface area contributed by atoms with Crippen molar-refractivity contribution in [3.8, 4) is 0 Å². The van der Waals surface area contributed by atoms with Crippen LogP contribution in [0.25, 0.3) is 0 Å². The molecule has 1 aromatic carbocycles. The average molecular weight is 263 g/mol. The Bertz CT molecular complexity index is 454. The quantitative estimate of drug-likeness (QED) is 0.741. The molecule has 1 atom stereocenters. The molecule has 1 fully saturated rings. The van der Waals surface area contributed by atoms with Crippen molar-refractivity contribution in [2.24, 2.45) is 0 Å². The Morgan fingerprint density at radius 3 is 2.47 bits per heavy atom. The van der Waals surface area contributed by atoms with Crippen LogP contribution in [0.15, 0.2) is 18.2 Å². The van der Waals surface area contributed by atoms with Crippen LogP contribution in [0.4, 0.5) is 13.2 Å². The molecule has 1 aliphatic rings. The number of alkyl halides is 3. The van der Waals surface area contributed by atoms with E-state index in [0.29, 0.717) is 18.4 Å². The summed E-state index contributed by atoms with van der Waals surface area (Å²) < 4.78 is 37.3. The molecular formula is C12H10ClF3O. The van der Waals surface area contributed by atoms with E-state index in [9.17, 15) is 18.0 Å². The average Bonchev–Trinajstić information content (AvgIpc) is 2.63. The van der Waals surface area contributed by atoms with Crippen LogP contribution in [0, 0.1) is 0 Å². The highest BCUT2D eigenvalue weighted by Gasteiger charge is 2.33. The van der Waals surface area contributed by atoms with Crippen LogP contribution in [0.5, 0.6) is 0 Å². The zero-order valence-electron chi connectivity index (χ0n) is 8.85. The van der Waals surface area contributed by atoms with Crippen LogP contribution in [0.2, 0.25) is 5.02 Å². The highest BCUT2D eigenvalue weighted by molar-refractivity contribution is 6.31. The monoisotopic (exact) mass is 262 g/mol. The Morgan fingerprint density at radius 2 is 2.00 bits per heavy atom. The van der Waals surface area contributed by atoms with E-state index in [2.05, 4.69) is 0 Å². The van der Waals surface area contributed by atoms with Crippen LogP contribution in [-0.2, 0) is 11.0 Å². The molecule has 1 nitrogen and oxygen atoms in total. The van der Waals surface area contributed by atoms with Crippen LogP contribution in [-0.4, -0.2) is 5.78 Å². The van der Waals surface area contributed by atoms with Crippen LogP contribution >= 0.6 is 11.6 Å². The van der Waals surface area contributed by atoms with Crippen molar-refractivity contribution in [3.05, 3.63) is 34.3 Å². The lowest BCUT2D eigenvalue weighted by Crippen LogP contribution is -2.08. The molecule has 2 rings (SSSR count). The normalized spacial score (nSPS) is 20.9. The maximum Gasteiger partial charge on any atom is 0.416 e. The third-order valence-corrected chi connectivity index (χ3v) is 3.34. The number of ketones is 1. The lowest BCUT2D eigenvalue weighted by molar-refractivity contribution is -0.137. The van der Waals surface area contributed by atoms with Gasteiger partial charge >= 0.3 is 6.18 Å². The summed E-state index contributed by atoms with van der Waals surface area (Å²) in [6, 6.07) is 3.19. The first-order valence-corrected chi connectivity index (χ1v) is 5.67. The second-order valence-corrected chi connectivity index (χ2v) is 4.55. The van der Waals surface area contributed by atoms with Gasteiger partial charge in [-0.1, -0.05) is 17.7 Å². The summed E-state index contributed by atoms with van der Waals surface area (Å²) >= 11 is 5.83. The van der Waals surface area contributed by atoms with Gasteiger partial charge in [0, 0.05) is 17.4 Å². The molecule has 1 aliphatic carbocycles. The molecule has 0 aromatic heterocycles. The summed E-state index contributed by atoms with van der Waals surface area (Å²) in [6.45, 7) is 0. The summed E-state index contributed by atoms with van der Waals surface area (Å²) in [4.78, 5) is 11.5. The SMILES string of the molecule is O=C1CCCC1c1ccc(C(F)(F)F)cc1Cl. The summed E-state index contributed by atoms with van der Waals surface area (Å²) in [7, 11) is 0. The second-order valence-electron chi connectivity index (χ2n) is 4.15. The lowest BCUT2D eigenvalue weighted by atomic mass is 9.95. The fraction of sp³-hybridized carbons (Fsp3) is 0.417. The van der Waals surface area contributed by atoms with Gasteiger partial charge in [0.15, 0.2) is 0 Å². The fourth-order valence-electron chi connectivity index (χ4n) is 2.13. The predicted molar refractivity (Wildman–Crippen MR) is 58.1 cm³/mol. The van der Waals surface area contributed by atoms with Crippen LogP contribution in [0.1, 0.15) is 36.3 Å². The number of hydrogen-bond donors (Lipinski definition) is 0. The van der Waals surface area contributed by atoms with Gasteiger partial charge in [-0.05, 0) is 30.5 Å². The molecule has 0 saturated heterocycles. The third-order valence-electron chi connectivity index (χ3n) is 3.01. The molecule has 0 N–H and O–H groups in total. The summed E-state index contributed by atoms with van der Waals surface area (Å²) in [5.41, 5.74) is -0.265. The maximum atomic E-state index is 12.4. The van der Waals surface area contributed by atoms with Crippen LogP contribution in [0.3, 0.4) is 0 Å². The highest BCUT2D eigenvalue weighted by atomic mass is 35.5. The highest BCUT2D eigenvalue weighted by Crippen LogP contribution is 2.38. The van der Waals surface area contributed by atoms with Crippen molar-refractivity contribution in [1.82, 2.24) is 0 Å². The van der Waals surface area contributed by atoms with E-state index in [1.54, 1.807) is 0 Å². The van der Waals surface area contributed by atoms with Gasteiger partial charge in [0.05, 0.1) is 5.56 Å². The van der Waals surface area contributed by atoms with E-state index < -0.39 is 11.7 Å². The van der Waals surface area contributed by atoms with Crippen molar-refractivity contribution >= 4 is 17.4 Å². The lowest BCUT2D eigenvalue weighted by Gasteiger charge is -2.13. The van der Waals surface area contributed by atoms with Crippen molar-refractivity contribution in [2.75, 3.05) is 0 Å². The molecule has 0 amide bonds. The zero-order chi connectivity index (χ0) is 12.6. The van der Waals surface area contributed by atoms with Gasteiger partial charge in [-0.15, -0.1) is 0 Å². The number of benzene rings is 1. The van der Waals surface area contributed by atoms with E-state index in [1.807, 2.05) is 0 Å². The molecule has 1 unspecified atom stereocenters. The van der Waals surface area contributed by atoms with Gasteiger partial charge in [-0.2, -0.15) is 13.2 Å². The number of halogens is 4. The van der Waals surface area contributed by atoms with Gasteiger partial charge in [0.1, 0.15) is 5.78 Å². The molecule has 0 aliphatic heterocycles. The molecule has 0 bridgehead atoms. The summed E-state index contributed by atoms with van der Waals surface area (Å²) in [6.07, 6.45) is -2.46. The first-order chi connectivity index (χ1) is 7.89. The van der Waals surface area contributed by atoms with Gasteiger partial charge in [-0.3, -0.25) is 4.79 Å². The van der Waals surface area contributed by atoms with E-state index >= 15 is 0 Å². The standard InChI is InChI=1S/C12H10ClF3O/c13-10-6-7(12(14,15)16)4-5-8(10)9-2-1-3-11(9)17/h4-6,9H,1-3H2. The van der Waals surface area contributed by atoms with E-state index in [1.165, 1.54) is 6.07 Å². The molecule has 5 heteroatoms. The minimum atomic E-state index is -4.40. The number of rotatable bonds is 1. The Morgan fingerprint density at radius 1 is 1.29 bits per heavy atom. The third kappa shape index (κ3) is 2.46. The Labute approximate surface area is 102 Å². The molecule has 17 heavy (non-hydrogen) atoms. The number of hydrogen-bond acceptors (Lipinski definition) is 1. The minimum Gasteiger partial charge on any atom is -0.299 e. The largest absolute Gasteiger partial charge is 0.416 e. The van der Waals surface area contributed by atoms with Gasteiger partial charge in [0.2, 0.25) is 0 Å². The molecule has 1 aromatic rings. The molecule has 92 valence electrons. The predicted octanol–water partition coefficient (Wildman–Crippen LogP) is 4.20. The molecule has 0 radical (unpaired) electrons. The molecular weight excluding hydrogens is 253 g/mol. The summed E-state index contributed by atoms with van der Waals surface area (Å²) in [5, 5.41) is 0.0278. The van der Waals surface area contributed by atoms with E-state index in [-0.39, 0.29) is 16.7 Å². The fourth-order valence-corrected chi connectivity index (χ4v) is 2.44. The van der Waals surface area contributed by atoms with Crippen molar-refractivity contribution in [3.63, 3.8) is 0 Å².